The van der Waals surface area contributed by atoms with Gasteiger partial charge < -0.3 is 25.1 Å². The lowest BCUT2D eigenvalue weighted by Crippen LogP contribution is -2.42. The fraction of sp³-hybridized carbons (Fsp3) is 0.615. The van der Waals surface area contributed by atoms with Crippen LogP contribution < -0.4 is 15.2 Å². The van der Waals surface area contributed by atoms with E-state index < -0.39 is 53.8 Å². The lowest BCUT2D eigenvalue weighted by atomic mass is 9.79. The van der Waals surface area contributed by atoms with Gasteiger partial charge in [0.15, 0.2) is 11.5 Å². The smallest absolute Gasteiger partial charge is 0.321 e. The predicted molar refractivity (Wildman–Crippen MR) is 130 cm³/mol. The first-order valence-corrected chi connectivity index (χ1v) is 12.1. The van der Waals surface area contributed by atoms with Crippen molar-refractivity contribution in [3.8, 4) is 11.5 Å². The van der Waals surface area contributed by atoms with Gasteiger partial charge in [-0.15, -0.1) is 0 Å². The van der Waals surface area contributed by atoms with Crippen LogP contribution in [0.25, 0.3) is 0 Å². The lowest BCUT2D eigenvalue weighted by molar-refractivity contribution is -0.151. The third kappa shape index (κ3) is 8.35. The third-order valence-electron chi connectivity index (χ3n) is 6.39. The highest BCUT2D eigenvalue weighted by Gasteiger charge is 2.36. The quantitative estimate of drug-likeness (QED) is 0.307. The highest BCUT2D eigenvalue weighted by Crippen LogP contribution is 2.37. The molecule has 0 aliphatic heterocycles. The molecule has 0 spiro atoms. The topological polar surface area (TPSA) is 142 Å². The summed E-state index contributed by atoms with van der Waals surface area (Å²) in [5.74, 6) is -4.65. The average molecular weight is 494 g/mol. The van der Waals surface area contributed by atoms with Crippen molar-refractivity contribution in [2.24, 2.45) is 23.5 Å². The molecule has 3 N–H and O–H groups in total. The van der Waals surface area contributed by atoms with E-state index in [1.54, 1.807) is 40.7 Å². The molecule has 0 radical (unpaired) electrons. The summed E-state index contributed by atoms with van der Waals surface area (Å²) in [6, 6.07) is 3.18. The number of hydrogen-bond donors (Lipinski definition) is 2. The molecule has 6 atom stereocenters. The van der Waals surface area contributed by atoms with Gasteiger partial charge in [-0.2, -0.15) is 0 Å². The van der Waals surface area contributed by atoms with E-state index in [9.17, 15) is 24.3 Å². The summed E-state index contributed by atoms with van der Waals surface area (Å²) in [6.45, 7) is 12.2. The monoisotopic (exact) mass is 493 g/mol. The Hall–Kier alpha value is -2.94. The minimum Gasteiger partial charge on any atom is -0.480 e. The maximum absolute atomic E-state index is 12.6. The molecule has 0 fully saturated rings. The van der Waals surface area contributed by atoms with Crippen LogP contribution in [0.4, 0.5) is 0 Å². The van der Waals surface area contributed by atoms with Gasteiger partial charge in [-0.3, -0.25) is 19.2 Å². The van der Waals surface area contributed by atoms with Gasteiger partial charge in [-0.05, 0) is 37.5 Å². The van der Waals surface area contributed by atoms with Crippen LogP contribution in [0.15, 0.2) is 18.2 Å². The molecule has 1 aromatic carbocycles. The molecule has 9 nitrogen and oxygen atoms in total. The van der Waals surface area contributed by atoms with Crippen molar-refractivity contribution < 1.29 is 38.5 Å². The van der Waals surface area contributed by atoms with Crippen LogP contribution >= 0.6 is 0 Å². The van der Waals surface area contributed by atoms with Gasteiger partial charge in [-0.25, -0.2) is 0 Å². The Morgan fingerprint density at radius 2 is 1.40 bits per heavy atom. The zero-order valence-electron chi connectivity index (χ0n) is 21.7. The van der Waals surface area contributed by atoms with Gasteiger partial charge >= 0.3 is 23.9 Å². The molecule has 0 bridgehead atoms. The molecule has 0 heterocycles. The van der Waals surface area contributed by atoms with Gasteiger partial charge in [-0.1, -0.05) is 47.6 Å². The summed E-state index contributed by atoms with van der Waals surface area (Å²) in [6.07, 6.45) is 0.662. The summed E-state index contributed by atoms with van der Waals surface area (Å²) in [4.78, 5) is 48.6. The molecule has 35 heavy (non-hydrogen) atoms. The first-order chi connectivity index (χ1) is 16.4. The summed E-state index contributed by atoms with van der Waals surface area (Å²) in [5, 5.41) is 9.67. The molecule has 9 heteroatoms. The van der Waals surface area contributed by atoms with Crippen LogP contribution in [0, 0.1) is 17.8 Å². The fourth-order valence-electron chi connectivity index (χ4n) is 3.33. The van der Waals surface area contributed by atoms with Crippen LogP contribution in [0.3, 0.4) is 0 Å². The number of carbonyl (C=O) groups is 4. The normalized spacial score (nSPS) is 16.2. The first kappa shape index (κ1) is 30.1. The largest absolute Gasteiger partial charge is 0.480 e. The van der Waals surface area contributed by atoms with E-state index in [0.717, 1.165) is 0 Å². The molecule has 0 aliphatic carbocycles. The standard InChI is InChI=1S/C26H39NO8/c1-8-14(4)25(31)34-19-12-11-18(13-20(19)35-26(32)15(5)9-2)22(23(27)24(29)30)16(6)17(7)33-21(28)10-3/h11-17,22-23H,8-10,27H2,1-7H3,(H,29,30)/t14?,15?,16?,17?,22?,23-/m0/s1. The van der Waals surface area contributed by atoms with Crippen molar-refractivity contribution in [3.05, 3.63) is 23.8 Å². The van der Waals surface area contributed by atoms with E-state index in [-0.39, 0.29) is 23.8 Å². The van der Waals surface area contributed by atoms with Gasteiger partial charge in [0.1, 0.15) is 12.1 Å². The zero-order chi connectivity index (χ0) is 26.9. The molecule has 1 aromatic rings. The number of ether oxygens (including phenoxy) is 3. The number of aliphatic carboxylic acids is 1. The molecule has 1 rings (SSSR count). The van der Waals surface area contributed by atoms with Crippen molar-refractivity contribution in [1.29, 1.82) is 0 Å². The van der Waals surface area contributed by atoms with Crippen molar-refractivity contribution in [2.75, 3.05) is 0 Å². The molecule has 5 unspecified atom stereocenters. The Kier molecular flexibility index (Phi) is 11.9. The molecule has 196 valence electrons. The van der Waals surface area contributed by atoms with Crippen LogP contribution in [-0.4, -0.2) is 41.1 Å². The van der Waals surface area contributed by atoms with E-state index in [2.05, 4.69) is 0 Å². The second-order valence-corrected chi connectivity index (χ2v) is 8.96. The number of nitrogens with two attached hydrogens (primary N) is 1. The molecule has 0 aromatic heterocycles. The van der Waals surface area contributed by atoms with Crippen LogP contribution in [0.5, 0.6) is 11.5 Å². The second kappa shape index (κ2) is 13.8. The van der Waals surface area contributed by atoms with Crippen molar-refractivity contribution in [2.45, 2.75) is 85.8 Å². The van der Waals surface area contributed by atoms with Gasteiger partial charge in [0.05, 0.1) is 11.8 Å². The van der Waals surface area contributed by atoms with Gasteiger partial charge in [0.25, 0.3) is 0 Å². The Morgan fingerprint density at radius 1 is 0.886 bits per heavy atom. The number of carbonyl (C=O) groups excluding carboxylic acids is 3. The molecule has 0 amide bonds. The van der Waals surface area contributed by atoms with Crippen molar-refractivity contribution in [1.82, 2.24) is 0 Å². The predicted octanol–water partition coefficient (Wildman–Crippen LogP) is 4.06. The number of benzene rings is 1. The highest BCUT2D eigenvalue weighted by molar-refractivity contribution is 5.79. The molecule has 0 saturated heterocycles. The summed E-state index contributed by atoms with van der Waals surface area (Å²) in [7, 11) is 0. The Labute approximate surface area is 207 Å². The summed E-state index contributed by atoms with van der Waals surface area (Å²) in [5.41, 5.74) is 6.51. The molecule has 0 saturated carbocycles. The summed E-state index contributed by atoms with van der Waals surface area (Å²) >= 11 is 0. The Bertz CT molecular complexity index is 899. The number of carboxylic acid groups (broad SMARTS) is 1. The second-order valence-electron chi connectivity index (χ2n) is 8.96. The first-order valence-electron chi connectivity index (χ1n) is 12.1. The molecular weight excluding hydrogens is 454 g/mol. The maximum Gasteiger partial charge on any atom is 0.321 e. The number of hydrogen-bond acceptors (Lipinski definition) is 8. The molecular formula is C26H39NO8. The minimum atomic E-state index is -1.33. The minimum absolute atomic E-state index is 0.00236. The van der Waals surface area contributed by atoms with Crippen LogP contribution in [-0.2, 0) is 23.9 Å². The van der Waals surface area contributed by atoms with E-state index in [1.807, 2.05) is 13.8 Å². The lowest BCUT2D eigenvalue weighted by Gasteiger charge is -2.32. The Morgan fingerprint density at radius 3 is 1.86 bits per heavy atom. The number of esters is 3. The van der Waals surface area contributed by atoms with Crippen LogP contribution in [0.2, 0.25) is 0 Å². The maximum atomic E-state index is 12.6. The number of rotatable bonds is 13. The van der Waals surface area contributed by atoms with E-state index in [4.69, 9.17) is 19.9 Å². The Balaban J connectivity index is 3.52. The van der Waals surface area contributed by atoms with Crippen molar-refractivity contribution >= 4 is 23.9 Å². The molecule has 0 aliphatic rings. The van der Waals surface area contributed by atoms with Crippen molar-refractivity contribution in [3.63, 3.8) is 0 Å². The SMILES string of the molecule is CCC(=O)OC(C)C(C)C(c1ccc(OC(=O)C(C)CC)c(OC(=O)C(C)CC)c1)[C@H](N)C(=O)O. The van der Waals surface area contributed by atoms with E-state index in [0.29, 0.717) is 18.4 Å². The third-order valence-corrected chi connectivity index (χ3v) is 6.39. The fourth-order valence-corrected chi connectivity index (χ4v) is 3.33. The van der Waals surface area contributed by atoms with Gasteiger partial charge in [0.2, 0.25) is 0 Å². The van der Waals surface area contributed by atoms with E-state index in [1.165, 1.54) is 12.1 Å². The zero-order valence-corrected chi connectivity index (χ0v) is 21.7. The highest BCUT2D eigenvalue weighted by atomic mass is 16.6. The van der Waals surface area contributed by atoms with Gasteiger partial charge in [0, 0.05) is 18.3 Å². The van der Waals surface area contributed by atoms with E-state index >= 15 is 0 Å². The summed E-state index contributed by atoms with van der Waals surface area (Å²) < 4.78 is 16.5. The van der Waals surface area contributed by atoms with Crippen LogP contribution in [0.1, 0.15) is 79.2 Å². The number of carboxylic acids is 1. The average Bonchev–Trinajstić information content (AvgIpc) is 2.83.